The lowest BCUT2D eigenvalue weighted by atomic mass is 10.2. The molecule has 0 aliphatic carbocycles. The summed E-state index contributed by atoms with van der Waals surface area (Å²) in [7, 11) is 1.66. The molecule has 19 heavy (non-hydrogen) atoms. The molecule has 0 atom stereocenters. The van der Waals surface area contributed by atoms with Crippen molar-refractivity contribution in [1.29, 1.82) is 0 Å². The summed E-state index contributed by atoms with van der Waals surface area (Å²) in [6.07, 6.45) is 0. The van der Waals surface area contributed by atoms with E-state index in [1.54, 1.807) is 12.6 Å². The van der Waals surface area contributed by atoms with Crippen LogP contribution in [0.4, 0.5) is 5.13 Å². The van der Waals surface area contributed by atoms with Gasteiger partial charge < -0.3 is 10.1 Å². The van der Waals surface area contributed by atoms with E-state index in [2.05, 4.69) is 20.5 Å². The maximum absolute atomic E-state index is 5.33. The van der Waals surface area contributed by atoms with Crippen LogP contribution in [0.25, 0.3) is 10.9 Å². The molecule has 0 unspecified atom stereocenters. The fourth-order valence-electron chi connectivity index (χ4n) is 1.84. The zero-order valence-corrected chi connectivity index (χ0v) is 11.1. The van der Waals surface area contributed by atoms with E-state index in [4.69, 9.17) is 4.74 Å². The van der Waals surface area contributed by atoms with Gasteiger partial charge in [-0.1, -0.05) is 29.5 Å². The fourth-order valence-corrected chi connectivity index (χ4v) is 2.28. The zero-order chi connectivity index (χ0) is 13.1. The quantitative estimate of drug-likeness (QED) is 0.791. The van der Waals surface area contributed by atoms with E-state index in [1.165, 1.54) is 11.3 Å². The number of benzene rings is 1. The number of ether oxygens (including phenoxy) is 1. The van der Waals surface area contributed by atoms with Gasteiger partial charge in [0.05, 0.1) is 19.3 Å². The molecule has 0 bridgehead atoms. The highest BCUT2D eigenvalue weighted by molar-refractivity contribution is 7.13. The van der Waals surface area contributed by atoms with Crippen molar-refractivity contribution in [1.82, 2.24) is 15.2 Å². The largest absolute Gasteiger partial charge is 0.494 e. The Balaban J connectivity index is 1.88. The molecule has 96 valence electrons. The van der Waals surface area contributed by atoms with E-state index in [0.29, 0.717) is 6.54 Å². The van der Waals surface area contributed by atoms with E-state index >= 15 is 0 Å². The predicted octanol–water partition coefficient (Wildman–Crippen LogP) is 2.71. The summed E-state index contributed by atoms with van der Waals surface area (Å²) in [5.74, 6) is 0.787. The Morgan fingerprint density at radius 2 is 2.21 bits per heavy atom. The zero-order valence-electron chi connectivity index (χ0n) is 10.3. The van der Waals surface area contributed by atoms with Crippen LogP contribution in [0.2, 0.25) is 0 Å². The minimum atomic E-state index is 0.614. The second kappa shape index (κ2) is 5.19. The van der Waals surface area contributed by atoms with Crippen molar-refractivity contribution in [3.05, 3.63) is 41.5 Å². The highest BCUT2D eigenvalue weighted by atomic mass is 32.1. The van der Waals surface area contributed by atoms with Gasteiger partial charge in [-0.2, -0.15) is 0 Å². The Labute approximate surface area is 114 Å². The van der Waals surface area contributed by atoms with Crippen molar-refractivity contribution >= 4 is 27.4 Å². The van der Waals surface area contributed by atoms with Crippen LogP contribution in [-0.2, 0) is 6.54 Å². The lowest BCUT2D eigenvalue weighted by molar-refractivity contribution is 0.419. The summed E-state index contributed by atoms with van der Waals surface area (Å²) in [5, 5.41) is 12.8. The van der Waals surface area contributed by atoms with Gasteiger partial charge in [0, 0.05) is 5.39 Å². The Morgan fingerprint density at radius 3 is 3.00 bits per heavy atom. The van der Waals surface area contributed by atoms with Gasteiger partial charge in [0.15, 0.2) is 0 Å². The second-order valence-electron chi connectivity index (χ2n) is 3.93. The molecular formula is C13H12N4OS. The van der Waals surface area contributed by atoms with Crippen molar-refractivity contribution in [2.75, 3.05) is 12.4 Å². The summed E-state index contributed by atoms with van der Waals surface area (Å²) >= 11 is 1.47. The molecule has 3 aromatic rings. The highest BCUT2D eigenvalue weighted by Crippen LogP contribution is 2.23. The first-order valence-corrected chi connectivity index (χ1v) is 6.67. The fraction of sp³-hybridized carbons (Fsp3) is 0.154. The molecule has 0 aliphatic rings. The Hall–Kier alpha value is -2.21. The monoisotopic (exact) mass is 272 g/mol. The number of aromatic nitrogens is 3. The summed E-state index contributed by atoms with van der Waals surface area (Å²) in [6, 6.07) is 9.93. The Morgan fingerprint density at radius 1 is 1.26 bits per heavy atom. The number of fused-ring (bicyclic) bond motifs is 1. The summed E-state index contributed by atoms with van der Waals surface area (Å²) in [4.78, 5) is 4.61. The molecule has 2 aromatic heterocycles. The molecule has 3 rings (SSSR count). The average molecular weight is 272 g/mol. The van der Waals surface area contributed by atoms with Crippen LogP contribution in [0, 0.1) is 0 Å². The van der Waals surface area contributed by atoms with Crippen LogP contribution in [0.3, 0.4) is 0 Å². The Kier molecular flexibility index (Phi) is 3.24. The number of hydrogen-bond acceptors (Lipinski definition) is 6. The molecule has 0 aliphatic heterocycles. The summed E-state index contributed by atoms with van der Waals surface area (Å²) in [5.41, 5.74) is 3.51. The van der Waals surface area contributed by atoms with Gasteiger partial charge in [-0.15, -0.1) is 10.2 Å². The van der Waals surface area contributed by atoms with Gasteiger partial charge in [0.1, 0.15) is 16.8 Å². The van der Waals surface area contributed by atoms with E-state index in [-0.39, 0.29) is 0 Å². The van der Waals surface area contributed by atoms with Crippen molar-refractivity contribution in [2.24, 2.45) is 0 Å². The predicted molar refractivity (Wildman–Crippen MR) is 75.5 cm³/mol. The molecule has 0 spiro atoms. The minimum absolute atomic E-state index is 0.614. The number of rotatable bonds is 4. The van der Waals surface area contributed by atoms with Gasteiger partial charge in [0.2, 0.25) is 5.13 Å². The topological polar surface area (TPSA) is 59.9 Å². The molecule has 0 saturated heterocycles. The molecule has 1 N–H and O–H groups in total. The maximum atomic E-state index is 5.33. The molecular weight excluding hydrogens is 260 g/mol. The molecule has 5 nitrogen and oxygen atoms in total. The van der Waals surface area contributed by atoms with Crippen molar-refractivity contribution in [3.8, 4) is 5.75 Å². The van der Waals surface area contributed by atoms with E-state index in [1.807, 2.05) is 30.3 Å². The summed E-state index contributed by atoms with van der Waals surface area (Å²) in [6.45, 7) is 0.614. The molecule has 2 heterocycles. The first-order chi connectivity index (χ1) is 9.36. The number of pyridine rings is 1. The molecule has 0 fully saturated rings. The third-order valence-corrected chi connectivity index (χ3v) is 3.39. The SMILES string of the molecule is COc1cccc2ccc(CNc3nncs3)nc12. The van der Waals surface area contributed by atoms with Crippen LogP contribution in [-0.4, -0.2) is 22.3 Å². The molecule has 0 saturated carbocycles. The molecule has 6 heteroatoms. The molecule has 0 radical (unpaired) electrons. The minimum Gasteiger partial charge on any atom is -0.494 e. The summed E-state index contributed by atoms with van der Waals surface area (Å²) < 4.78 is 5.33. The smallest absolute Gasteiger partial charge is 0.205 e. The maximum Gasteiger partial charge on any atom is 0.205 e. The van der Waals surface area contributed by atoms with E-state index in [0.717, 1.165) is 27.5 Å². The third-order valence-electron chi connectivity index (χ3n) is 2.74. The number of para-hydroxylation sites is 1. The lowest BCUT2D eigenvalue weighted by Gasteiger charge is -2.07. The van der Waals surface area contributed by atoms with Crippen LogP contribution >= 0.6 is 11.3 Å². The van der Waals surface area contributed by atoms with Crippen LogP contribution in [0.5, 0.6) is 5.75 Å². The van der Waals surface area contributed by atoms with Gasteiger partial charge >= 0.3 is 0 Å². The number of nitrogens with zero attached hydrogens (tertiary/aromatic N) is 3. The van der Waals surface area contributed by atoms with Gasteiger partial charge in [-0.05, 0) is 12.1 Å². The standard InChI is InChI=1S/C13H12N4OS/c1-18-11-4-2-3-9-5-6-10(16-12(9)11)7-14-13-17-15-8-19-13/h2-6,8H,7H2,1H3,(H,14,17). The Bertz CT molecular complexity index is 684. The van der Waals surface area contributed by atoms with Crippen molar-refractivity contribution in [2.45, 2.75) is 6.54 Å². The van der Waals surface area contributed by atoms with Crippen LogP contribution in [0.15, 0.2) is 35.8 Å². The second-order valence-corrected chi connectivity index (χ2v) is 4.77. The normalized spacial score (nSPS) is 10.6. The first kappa shape index (κ1) is 11.9. The molecule has 1 aromatic carbocycles. The van der Waals surface area contributed by atoms with E-state index in [9.17, 15) is 0 Å². The first-order valence-electron chi connectivity index (χ1n) is 5.79. The van der Waals surface area contributed by atoms with Gasteiger partial charge in [-0.25, -0.2) is 4.98 Å². The molecule has 0 amide bonds. The van der Waals surface area contributed by atoms with Crippen LogP contribution in [0.1, 0.15) is 5.69 Å². The third kappa shape index (κ3) is 2.48. The average Bonchev–Trinajstić information content (AvgIpc) is 2.97. The van der Waals surface area contributed by atoms with Crippen LogP contribution < -0.4 is 10.1 Å². The van der Waals surface area contributed by atoms with Crippen molar-refractivity contribution in [3.63, 3.8) is 0 Å². The lowest BCUT2D eigenvalue weighted by Crippen LogP contribution is -2.01. The van der Waals surface area contributed by atoms with Gasteiger partial charge in [0.25, 0.3) is 0 Å². The van der Waals surface area contributed by atoms with Gasteiger partial charge in [-0.3, -0.25) is 0 Å². The van der Waals surface area contributed by atoms with Crippen molar-refractivity contribution < 1.29 is 4.74 Å². The van der Waals surface area contributed by atoms with E-state index < -0.39 is 0 Å². The number of methoxy groups -OCH3 is 1. The number of anilines is 1. The number of hydrogen-bond donors (Lipinski definition) is 1. The highest BCUT2D eigenvalue weighted by Gasteiger charge is 2.04. The number of nitrogens with one attached hydrogen (secondary N) is 1.